The first kappa shape index (κ1) is 27.4. The minimum atomic E-state index is -0.512. The molecule has 0 bridgehead atoms. The fourth-order valence-electron chi connectivity index (χ4n) is 4.32. The van der Waals surface area contributed by atoms with Gasteiger partial charge in [-0.3, -0.25) is 9.59 Å². The fraction of sp³-hybridized carbons (Fsp3) is 0.267. The second kappa shape index (κ2) is 11.4. The molecule has 0 aliphatic heterocycles. The van der Waals surface area contributed by atoms with E-state index in [4.69, 9.17) is 23.9 Å². The van der Waals surface area contributed by atoms with Gasteiger partial charge in [-0.1, -0.05) is 26.0 Å². The lowest BCUT2D eigenvalue weighted by Crippen LogP contribution is -2.21. The maximum Gasteiger partial charge on any atom is 0.308 e. The molecule has 0 amide bonds. The number of hydrogen-bond donors (Lipinski definition) is 0. The van der Waals surface area contributed by atoms with Crippen molar-refractivity contribution in [2.24, 2.45) is 5.10 Å². The molecule has 0 unspecified atom stereocenters. The highest BCUT2D eigenvalue weighted by Crippen LogP contribution is 2.38. The Morgan fingerprint density at radius 2 is 1.62 bits per heavy atom. The summed E-state index contributed by atoms with van der Waals surface area (Å²) < 4.78 is 23.0. The Hall–Kier alpha value is -4.66. The zero-order chi connectivity index (χ0) is 28.3. The summed E-state index contributed by atoms with van der Waals surface area (Å²) in [5.41, 5.74) is 3.45. The number of aryl methyl sites for hydroxylation is 1. The quantitative estimate of drug-likeness (QED) is 0.173. The number of para-hydroxylation sites is 1. The van der Waals surface area contributed by atoms with Crippen molar-refractivity contribution in [3.8, 4) is 34.4 Å². The van der Waals surface area contributed by atoms with Crippen molar-refractivity contribution in [3.05, 3.63) is 75.6 Å². The van der Waals surface area contributed by atoms with Crippen LogP contribution in [-0.2, 0) is 4.79 Å². The van der Waals surface area contributed by atoms with Crippen molar-refractivity contribution >= 4 is 23.1 Å². The van der Waals surface area contributed by atoms with Gasteiger partial charge in [-0.25, -0.2) is 4.98 Å². The van der Waals surface area contributed by atoms with Crippen LogP contribution < -0.4 is 24.5 Å². The summed E-state index contributed by atoms with van der Waals surface area (Å²) in [6, 6.07) is 14.4. The number of methoxy groups -OCH3 is 3. The first-order valence-electron chi connectivity index (χ1n) is 12.4. The van der Waals surface area contributed by atoms with Gasteiger partial charge in [-0.15, -0.1) is 0 Å². The third kappa shape index (κ3) is 5.47. The molecule has 4 rings (SSSR count). The van der Waals surface area contributed by atoms with Crippen LogP contribution in [0.3, 0.4) is 0 Å². The van der Waals surface area contributed by atoms with Crippen LogP contribution in [0, 0.1) is 6.92 Å². The topological polar surface area (TPSA) is 101 Å². The summed E-state index contributed by atoms with van der Waals surface area (Å²) in [7, 11) is 4.55. The number of fused-ring (bicyclic) bond motifs is 1. The average molecular weight is 530 g/mol. The Kier molecular flexibility index (Phi) is 7.99. The summed E-state index contributed by atoms with van der Waals surface area (Å²) in [6.45, 7) is 7.40. The number of hydrogen-bond acceptors (Lipinski definition) is 8. The zero-order valence-corrected chi connectivity index (χ0v) is 23.1. The normalized spacial score (nSPS) is 11.3. The maximum absolute atomic E-state index is 13.7. The first-order valence-corrected chi connectivity index (χ1v) is 12.4. The maximum atomic E-state index is 13.7. The van der Waals surface area contributed by atoms with E-state index in [0.29, 0.717) is 22.3 Å². The highest BCUT2D eigenvalue weighted by Gasteiger charge is 2.19. The van der Waals surface area contributed by atoms with Crippen molar-refractivity contribution in [1.82, 2.24) is 9.66 Å². The predicted molar refractivity (Wildman–Crippen MR) is 151 cm³/mol. The average Bonchev–Trinajstić information content (AvgIpc) is 2.92. The standard InChI is InChI=1S/C30H31N3O6/c1-17(2)22-15-23(18(3)12-25(22)36-5)29-32-24-11-9-8-10-21(24)30(35)33(29)31-16-20-13-26(37-6)28(39-19(4)34)27(14-20)38-7/h8-17H,1-7H3. The van der Waals surface area contributed by atoms with Crippen molar-refractivity contribution in [3.63, 3.8) is 0 Å². The van der Waals surface area contributed by atoms with Crippen molar-refractivity contribution in [1.29, 1.82) is 0 Å². The van der Waals surface area contributed by atoms with Crippen LogP contribution in [-0.4, -0.2) is 43.2 Å². The lowest BCUT2D eigenvalue weighted by Gasteiger charge is -2.17. The van der Waals surface area contributed by atoms with E-state index in [-0.39, 0.29) is 28.7 Å². The van der Waals surface area contributed by atoms with E-state index < -0.39 is 5.97 Å². The number of esters is 1. The molecule has 9 heteroatoms. The molecule has 4 aromatic rings. The minimum absolute atomic E-state index is 0.157. The molecule has 0 aliphatic carbocycles. The van der Waals surface area contributed by atoms with E-state index >= 15 is 0 Å². The van der Waals surface area contributed by atoms with E-state index in [1.54, 1.807) is 37.4 Å². The molecule has 0 aliphatic rings. The Labute approximate surface area is 226 Å². The molecule has 0 spiro atoms. The summed E-state index contributed by atoms with van der Waals surface area (Å²) in [4.78, 5) is 30.1. The van der Waals surface area contributed by atoms with Gasteiger partial charge >= 0.3 is 5.97 Å². The molecule has 0 saturated carbocycles. The molecule has 0 fully saturated rings. The monoisotopic (exact) mass is 529 g/mol. The van der Waals surface area contributed by atoms with Crippen LogP contribution in [0.15, 0.2) is 58.4 Å². The van der Waals surface area contributed by atoms with E-state index in [2.05, 4.69) is 18.9 Å². The van der Waals surface area contributed by atoms with E-state index in [1.807, 2.05) is 25.1 Å². The van der Waals surface area contributed by atoms with Gasteiger partial charge < -0.3 is 18.9 Å². The number of carbonyl (C=O) groups is 1. The number of rotatable bonds is 8. The van der Waals surface area contributed by atoms with Gasteiger partial charge in [0.1, 0.15) is 5.75 Å². The minimum Gasteiger partial charge on any atom is -0.496 e. The molecular weight excluding hydrogens is 498 g/mol. The van der Waals surface area contributed by atoms with Crippen LogP contribution in [0.2, 0.25) is 0 Å². The van der Waals surface area contributed by atoms with E-state index in [9.17, 15) is 9.59 Å². The molecule has 0 saturated heterocycles. The molecule has 0 N–H and O–H groups in total. The second-order valence-corrected chi connectivity index (χ2v) is 9.23. The fourth-order valence-corrected chi connectivity index (χ4v) is 4.32. The Morgan fingerprint density at radius 1 is 0.974 bits per heavy atom. The van der Waals surface area contributed by atoms with Crippen molar-refractivity contribution < 1.29 is 23.7 Å². The smallest absolute Gasteiger partial charge is 0.308 e. The van der Waals surface area contributed by atoms with Crippen LogP contribution in [0.1, 0.15) is 43.4 Å². The van der Waals surface area contributed by atoms with Crippen molar-refractivity contribution in [2.45, 2.75) is 33.6 Å². The number of ether oxygens (including phenoxy) is 4. The number of benzene rings is 3. The van der Waals surface area contributed by atoms with E-state index in [0.717, 1.165) is 22.4 Å². The molecule has 3 aromatic carbocycles. The van der Waals surface area contributed by atoms with Gasteiger partial charge in [0.25, 0.3) is 5.56 Å². The third-order valence-electron chi connectivity index (χ3n) is 6.24. The molecule has 1 aromatic heterocycles. The predicted octanol–water partition coefficient (Wildman–Crippen LogP) is 5.33. The van der Waals surface area contributed by atoms with Gasteiger partial charge in [0.2, 0.25) is 5.75 Å². The zero-order valence-electron chi connectivity index (χ0n) is 23.1. The summed E-state index contributed by atoms with van der Waals surface area (Å²) in [5, 5.41) is 5.01. The molecule has 202 valence electrons. The second-order valence-electron chi connectivity index (χ2n) is 9.23. The van der Waals surface area contributed by atoms with Gasteiger partial charge in [0, 0.05) is 18.1 Å². The molecule has 9 nitrogen and oxygen atoms in total. The van der Waals surface area contributed by atoms with Crippen molar-refractivity contribution in [2.75, 3.05) is 21.3 Å². The molecular formula is C30H31N3O6. The lowest BCUT2D eigenvalue weighted by molar-refractivity contribution is -0.132. The van der Waals surface area contributed by atoms with Crippen LogP contribution in [0.5, 0.6) is 23.0 Å². The van der Waals surface area contributed by atoms with Crippen LogP contribution in [0.4, 0.5) is 0 Å². The lowest BCUT2D eigenvalue weighted by atomic mass is 9.96. The SMILES string of the molecule is COc1cc(C)c(-c2nc3ccccc3c(=O)n2N=Cc2cc(OC)c(OC(C)=O)c(OC)c2)cc1C(C)C. The Morgan fingerprint density at radius 3 is 2.21 bits per heavy atom. The van der Waals surface area contributed by atoms with Crippen LogP contribution in [0.25, 0.3) is 22.3 Å². The Balaban J connectivity index is 1.95. The van der Waals surface area contributed by atoms with Gasteiger partial charge in [0.05, 0.1) is 38.4 Å². The summed E-state index contributed by atoms with van der Waals surface area (Å²) in [5.74, 6) is 1.56. The van der Waals surface area contributed by atoms with Gasteiger partial charge in [0.15, 0.2) is 17.3 Å². The number of nitrogens with zero attached hydrogens (tertiary/aromatic N) is 3. The number of aromatic nitrogens is 2. The largest absolute Gasteiger partial charge is 0.496 e. The summed E-state index contributed by atoms with van der Waals surface area (Å²) in [6.07, 6.45) is 1.51. The highest BCUT2D eigenvalue weighted by atomic mass is 16.6. The first-order chi connectivity index (χ1) is 18.7. The van der Waals surface area contributed by atoms with Gasteiger partial charge in [-0.2, -0.15) is 9.78 Å². The molecule has 0 atom stereocenters. The number of carbonyl (C=O) groups excluding carboxylic acids is 1. The summed E-state index contributed by atoms with van der Waals surface area (Å²) >= 11 is 0. The third-order valence-corrected chi connectivity index (χ3v) is 6.24. The molecule has 39 heavy (non-hydrogen) atoms. The van der Waals surface area contributed by atoms with Crippen LogP contribution >= 0.6 is 0 Å². The molecule has 0 radical (unpaired) electrons. The van der Waals surface area contributed by atoms with E-state index in [1.165, 1.54) is 32.0 Å². The highest BCUT2D eigenvalue weighted by molar-refractivity contribution is 5.84. The Bertz CT molecular complexity index is 1610. The molecule has 1 heterocycles. The van der Waals surface area contributed by atoms with Gasteiger partial charge in [-0.05, 0) is 60.4 Å².